The molecule has 0 unspecified atom stereocenters. The highest BCUT2D eigenvalue weighted by molar-refractivity contribution is 5.68. The average molecular weight is 350 g/mol. The number of rotatable bonds is 4. The Morgan fingerprint density at radius 2 is 1.92 bits per heavy atom. The minimum Gasteiger partial charge on any atom is -0.462 e. The number of aliphatic hydroxyl groups excluding tert-OH is 1. The molecule has 0 radical (unpaired) electrons. The van der Waals surface area contributed by atoms with Crippen molar-refractivity contribution in [1.82, 2.24) is 19.9 Å². The van der Waals surface area contributed by atoms with Crippen LogP contribution in [0, 0.1) is 5.92 Å². The predicted molar refractivity (Wildman–Crippen MR) is 97.3 cm³/mol. The zero-order valence-electron chi connectivity index (χ0n) is 14.6. The van der Waals surface area contributed by atoms with Crippen LogP contribution >= 0.6 is 0 Å². The van der Waals surface area contributed by atoms with Gasteiger partial charge in [-0.2, -0.15) is 0 Å². The second-order valence-corrected chi connectivity index (χ2v) is 7.34. The van der Waals surface area contributed by atoms with E-state index >= 15 is 0 Å². The van der Waals surface area contributed by atoms with Crippen molar-refractivity contribution in [3.05, 3.63) is 48.4 Å². The van der Waals surface area contributed by atoms with Gasteiger partial charge in [0, 0.05) is 12.1 Å². The Morgan fingerprint density at radius 3 is 2.62 bits per heavy atom. The number of nitrogens with zero attached hydrogens (tertiary/aromatic N) is 4. The molecule has 2 aromatic heterocycles. The molecule has 6 heteroatoms. The van der Waals surface area contributed by atoms with Crippen molar-refractivity contribution in [2.75, 3.05) is 19.6 Å². The topological polar surface area (TPSA) is 67.3 Å². The quantitative estimate of drug-likeness (QED) is 0.783. The first-order chi connectivity index (χ1) is 12.8. The molecule has 3 aliphatic rings. The van der Waals surface area contributed by atoms with Gasteiger partial charge in [-0.25, -0.2) is 4.68 Å². The maximum atomic E-state index is 9.16. The molecule has 6 rings (SSSR count). The Kier molecular flexibility index (Phi) is 3.87. The van der Waals surface area contributed by atoms with E-state index in [4.69, 9.17) is 9.52 Å². The van der Waals surface area contributed by atoms with E-state index in [1.54, 1.807) is 6.26 Å². The van der Waals surface area contributed by atoms with Crippen molar-refractivity contribution in [2.24, 2.45) is 5.92 Å². The molecular formula is C20H22N4O2. The number of hydrogen-bond donors (Lipinski definition) is 1. The van der Waals surface area contributed by atoms with E-state index in [1.807, 2.05) is 41.2 Å². The molecule has 0 aliphatic carbocycles. The number of furan rings is 1. The van der Waals surface area contributed by atoms with Gasteiger partial charge in [0.25, 0.3) is 0 Å². The molecule has 5 heterocycles. The van der Waals surface area contributed by atoms with Gasteiger partial charge in [-0.1, -0.05) is 29.5 Å². The van der Waals surface area contributed by atoms with E-state index in [1.165, 1.54) is 25.9 Å². The molecule has 3 saturated heterocycles. The summed E-state index contributed by atoms with van der Waals surface area (Å²) in [4.78, 5) is 2.52. The lowest BCUT2D eigenvalue weighted by Gasteiger charge is -2.44. The van der Waals surface area contributed by atoms with Crippen LogP contribution in [0.3, 0.4) is 0 Å². The molecule has 26 heavy (non-hydrogen) atoms. The van der Waals surface area contributed by atoms with Gasteiger partial charge in [0.1, 0.15) is 5.69 Å². The average Bonchev–Trinajstić information content (AvgIpc) is 3.38. The largest absolute Gasteiger partial charge is 0.462 e. The zero-order valence-corrected chi connectivity index (χ0v) is 14.6. The van der Waals surface area contributed by atoms with Crippen molar-refractivity contribution in [1.29, 1.82) is 0 Å². The van der Waals surface area contributed by atoms with Gasteiger partial charge in [-0.05, 0) is 49.0 Å². The maximum Gasteiger partial charge on any atom is 0.156 e. The van der Waals surface area contributed by atoms with Crippen LogP contribution in [0.1, 0.15) is 24.4 Å². The van der Waals surface area contributed by atoms with Crippen LogP contribution in [-0.4, -0.2) is 44.6 Å². The minimum atomic E-state index is 0.0552. The lowest BCUT2D eigenvalue weighted by molar-refractivity contribution is 0.0504. The van der Waals surface area contributed by atoms with E-state index in [0.29, 0.717) is 12.0 Å². The Hall–Kier alpha value is -2.44. The first-order valence-electron chi connectivity index (χ1n) is 9.23. The maximum absolute atomic E-state index is 9.16. The van der Waals surface area contributed by atoms with Crippen LogP contribution in [-0.2, 0) is 6.61 Å². The molecule has 6 nitrogen and oxygen atoms in total. The summed E-state index contributed by atoms with van der Waals surface area (Å²) < 4.78 is 7.78. The van der Waals surface area contributed by atoms with Crippen LogP contribution in [0.5, 0.6) is 0 Å². The normalized spacial score (nSPS) is 24.9. The molecule has 3 aliphatic heterocycles. The second-order valence-electron chi connectivity index (χ2n) is 7.34. The third kappa shape index (κ3) is 2.75. The Bertz CT molecular complexity index is 891. The Labute approximate surface area is 152 Å². The monoisotopic (exact) mass is 350 g/mol. The highest BCUT2D eigenvalue weighted by Crippen LogP contribution is 2.36. The van der Waals surface area contributed by atoms with E-state index in [2.05, 4.69) is 15.2 Å². The molecule has 3 fully saturated rings. The van der Waals surface area contributed by atoms with Crippen LogP contribution in [0.2, 0.25) is 0 Å². The standard InChI is InChI=1S/C20H22N4O2/c25-12-14-1-3-15(4-2-14)17-9-20(26-13-17)18-10-24(22-21-18)19-11-23-7-5-16(19)6-8-23/h1-4,9-10,13,16,19,25H,5-8,11-12H2/t19-/m0/s1. The number of benzene rings is 1. The number of aliphatic hydroxyl groups is 1. The number of fused-ring (bicyclic) bond motifs is 3. The molecule has 0 amide bonds. The van der Waals surface area contributed by atoms with Crippen LogP contribution in [0.25, 0.3) is 22.6 Å². The number of hydrogen-bond acceptors (Lipinski definition) is 5. The molecular weight excluding hydrogens is 328 g/mol. The van der Waals surface area contributed by atoms with Crippen molar-refractivity contribution < 1.29 is 9.52 Å². The van der Waals surface area contributed by atoms with Gasteiger partial charge in [0.15, 0.2) is 5.76 Å². The van der Waals surface area contributed by atoms with E-state index in [0.717, 1.165) is 34.7 Å². The van der Waals surface area contributed by atoms with Gasteiger partial charge in [-0.3, -0.25) is 0 Å². The lowest BCUT2D eigenvalue weighted by atomic mass is 9.84. The minimum absolute atomic E-state index is 0.0552. The fourth-order valence-electron chi connectivity index (χ4n) is 4.21. The molecule has 0 spiro atoms. The Balaban J connectivity index is 1.37. The molecule has 1 aromatic carbocycles. The smallest absolute Gasteiger partial charge is 0.156 e. The van der Waals surface area contributed by atoms with Crippen LogP contribution < -0.4 is 0 Å². The molecule has 0 saturated carbocycles. The summed E-state index contributed by atoms with van der Waals surface area (Å²) in [6.45, 7) is 3.58. The first-order valence-corrected chi connectivity index (χ1v) is 9.23. The second kappa shape index (κ2) is 6.37. The number of piperidine rings is 3. The predicted octanol–water partition coefficient (Wildman–Crippen LogP) is 2.96. The van der Waals surface area contributed by atoms with Crippen molar-refractivity contribution in [2.45, 2.75) is 25.5 Å². The van der Waals surface area contributed by atoms with E-state index in [-0.39, 0.29) is 6.61 Å². The van der Waals surface area contributed by atoms with Crippen molar-refractivity contribution >= 4 is 0 Å². The summed E-state index contributed by atoms with van der Waals surface area (Å²) >= 11 is 0. The zero-order chi connectivity index (χ0) is 17.5. The molecule has 2 bridgehead atoms. The first kappa shape index (κ1) is 15.8. The Morgan fingerprint density at radius 1 is 1.12 bits per heavy atom. The summed E-state index contributed by atoms with van der Waals surface area (Å²) in [7, 11) is 0. The van der Waals surface area contributed by atoms with E-state index < -0.39 is 0 Å². The summed E-state index contributed by atoms with van der Waals surface area (Å²) in [5.41, 5.74) is 3.74. The molecule has 134 valence electrons. The van der Waals surface area contributed by atoms with Crippen LogP contribution in [0.15, 0.2) is 47.2 Å². The third-order valence-electron chi connectivity index (χ3n) is 5.79. The third-order valence-corrected chi connectivity index (χ3v) is 5.79. The number of aromatic nitrogens is 3. The summed E-state index contributed by atoms with van der Waals surface area (Å²) in [5, 5.41) is 17.9. The summed E-state index contributed by atoms with van der Waals surface area (Å²) in [6, 6.07) is 10.3. The van der Waals surface area contributed by atoms with Gasteiger partial charge >= 0.3 is 0 Å². The molecule has 1 N–H and O–H groups in total. The fraction of sp³-hybridized carbons (Fsp3) is 0.400. The van der Waals surface area contributed by atoms with Gasteiger partial charge in [0.05, 0.1) is 25.1 Å². The lowest BCUT2D eigenvalue weighted by Crippen LogP contribution is -2.48. The van der Waals surface area contributed by atoms with Crippen molar-refractivity contribution in [3.8, 4) is 22.6 Å². The van der Waals surface area contributed by atoms with Gasteiger partial charge in [-0.15, -0.1) is 5.10 Å². The highest BCUT2D eigenvalue weighted by atomic mass is 16.3. The molecule has 3 aromatic rings. The van der Waals surface area contributed by atoms with Gasteiger partial charge in [0.2, 0.25) is 0 Å². The highest BCUT2D eigenvalue weighted by Gasteiger charge is 2.35. The molecule has 1 atom stereocenters. The van der Waals surface area contributed by atoms with Crippen molar-refractivity contribution in [3.63, 3.8) is 0 Å². The summed E-state index contributed by atoms with van der Waals surface area (Å²) in [6.07, 6.45) is 6.28. The van der Waals surface area contributed by atoms with Crippen LogP contribution in [0.4, 0.5) is 0 Å². The SMILES string of the molecule is OCc1ccc(-c2coc(-c3cn([C@H]4CN5CCC4CC5)nn3)c2)cc1. The van der Waals surface area contributed by atoms with E-state index in [9.17, 15) is 0 Å². The fourth-order valence-corrected chi connectivity index (χ4v) is 4.21. The summed E-state index contributed by atoms with van der Waals surface area (Å²) in [5.74, 6) is 1.45. The van der Waals surface area contributed by atoms with Gasteiger partial charge < -0.3 is 14.4 Å².